The van der Waals surface area contributed by atoms with Crippen LogP contribution in [0.25, 0.3) is 0 Å². The lowest BCUT2D eigenvalue weighted by Crippen LogP contribution is -2.55. The summed E-state index contributed by atoms with van der Waals surface area (Å²) < 4.78 is 0. The molecule has 1 N–H and O–H groups in total. The van der Waals surface area contributed by atoms with Crippen molar-refractivity contribution in [3.63, 3.8) is 0 Å². The molecular weight excluding hydrogens is 250 g/mol. The highest BCUT2D eigenvalue weighted by atomic mass is 15.3. The summed E-state index contributed by atoms with van der Waals surface area (Å²) in [5.41, 5.74) is 0. The molecule has 0 amide bonds. The van der Waals surface area contributed by atoms with Crippen LogP contribution in [0, 0.1) is 6.92 Å². The highest BCUT2D eigenvalue weighted by Gasteiger charge is 2.35. The molecule has 5 nitrogen and oxygen atoms in total. The van der Waals surface area contributed by atoms with Crippen LogP contribution in [0.2, 0.25) is 0 Å². The molecule has 110 valence electrons. The van der Waals surface area contributed by atoms with Crippen molar-refractivity contribution in [2.24, 2.45) is 0 Å². The summed E-state index contributed by atoms with van der Waals surface area (Å²) in [6.45, 7) is 10.8. The Morgan fingerprint density at radius 3 is 3.00 bits per heavy atom. The van der Waals surface area contributed by atoms with E-state index in [0.717, 1.165) is 37.1 Å². The van der Waals surface area contributed by atoms with E-state index in [4.69, 9.17) is 0 Å². The Balaban J connectivity index is 1.84. The monoisotopic (exact) mass is 275 g/mol. The fourth-order valence-corrected chi connectivity index (χ4v) is 3.48. The third-order valence-electron chi connectivity index (χ3n) is 4.41. The van der Waals surface area contributed by atoms with E-state index in [2.05, 4.69) is 45.0 Å². The minimum absolute atomic E-state index is 0.521. The second-order valence-corrected chi connectivity index (χ2v) is 5.98. The molecule has 0 radical (unpaired) electrons. The van der Waals surface area contributed by atoms with Crippen molar-refractivity contribution in [3.05, 3.63) is 11.9 Å². The van der Waals surface area contributed by atoms with Gasteiger partial charge >= 0.3 is 0 Å². The quantitative estimate of drug-likeness (QED) is 0.912. The minimum Gasteiger partial charge on any atom is -0.370 e. The highest BCUT2D eigenvalue weighted by Crippen LogP contribution is 2.28. The van der Waals surface area contributed by atoms with E-state index in [-0.39, 0.29) is 0 Å². The average Bonchev–Trinajstić information content (AvgIpc) is 2.84. The van der Waals surface area contributed by atoms with Crippen LogP contribution in [-0.4, -0.2) is 53.1 Å². The van der Waals surface area contributed by atoms with Crippen molar-refractivity contribution in [1.82, 2.24) is 14.9 Å². The molecule has 2 aliphatic rings. The zero-order valence-corrected chi connectivity index (χ0v) is 12.8. The number of anilines is 2. The van der Waals surface area contributed by atoms with Crippen LogP contribution in [0.5, 0.6) is 0 Å². The zero-order chi connectivity index (χ0) is 14.1. The average molecular weight is 275 g/mol. The van der Waals surface area contributed by atoms with Gasteiger partial charge in [0.2, 0.25) is 0 Å². The summed E-state index contributed by atoms with van der Waals surface area (Å²) in [4.78, 5) is 14.2. The first-order chi connectivity index (χ1) is 9.67. The molecular formula is C15H25N5. The number of hydrogen-bond acceptors (Lipinski definition) is 5. The zero-order valence-electron chi connectivity index (χ0n) is 12.8. The van der Waals surface area contributed by atoms with Crippen LogP contribution in [-0.2, 0) is 0 Å². The van der Waals surface area contributed by atoms with Crippen LogP contribution in [0.3, 0.4) is 0 Å². The first-order valence-corrected chi connectivity index (χ1v) is 7.77. The van der Waals surface area contributed by atoms with Crippen LogP contribution in [0.4, 0.5) is 11.6 Å². The van der Waals surface area contributed by atoms with Crippen molar-refractivity contribution in [3.8, 4) is 0 Å². The number of hydrogen-bond donors (Lipinski definition) is 1. The van der Waals surface area contributed by atoms with E-state index in [1.807, 2.05) is 6.92 Å². The van der Waals surface area contributed by atoms with E-state index in [0.29, 0.717) is 12.1 Å². The predicted octanol–water partition coefficient (Wildman–Crippen LogP) is 1.89. The topological polar surface area (TPSA) is 44.3 Å². The number of fused-ring (bicyclic) bond motifs is 1. The Kier molecular flexibility index (Phi) is 3.78. The highest BCUT2D eigenvalue weighted by molar-refractivity contribution is 5.50. The summed E-state index contributed by atoms with van der Waals surface area (Å²) in [5.74, 6) is 2.86. The third-order valence-corrected chi connectivity index (χ3v) is 4.41. The molecule has 1 aromatic heterocycles. The number of aromatic nitrogens is 2. The van der Waals surface area contributed by atoms with Crippen LogP contribution in [0.1, 0.15) is 32.5 Å². The largest absolute Gasteiger partial charge is 0.370 e. The first-order valence-electron chi connectivity index (χ1n) is 7.77. The number of nitrogens with one attached hydrogen (secondary N) is 1. The van der Waals surface area contributed by atoms with Gasteiger partial charge in [0.25, 0.3) is 0 Å². The summed E-state index contributed by atoms with van der Waals surface area (Å²) in [6.07, 6.45) is 2.67. The van der Waals surface area contributed by atoms with Gasteiger partial charge in [0.05, 0.1) is 0 Å². The Morgan fingerprint density at radius 2 is 2.20 bits per heavy atom. The predicted molar refractivity (Wildman–Crippen MR) is 82.3 cm³/mol. The molecule has 3 heterocycles. The molecule has 0 aromatic carbocycles. The summed E-state index contributed by atoms with van der Waals surface area (Å²) in [6, 6.07) is 3.33. The van der Waals surface area contributed by atoms with Gasteiger partial charge in [-0.2, -0.15) is 0 Å². The molecule has 0 bridgehead atoms. The molecule has 2 fully saturated rings. The van der Waals surface area contributed by atoms with Gasteiger partial charge in [-0.3, -0.25) is 4.90 Å². The standard InChI is InChI=1S/C15H25N5/c1-4-16-14-8-15(18-12(3)17-14)20-10-13-6-5-7-19(13)9-11(20)2/h8,11,13H,4-7,9-10H2,1-3H3,(H,16,17,18). The molecule has 0 aliphatic carbocycles. The molecule has 0 saturated carbocycles. The van der Waals surface area contributed by atoms with E-state index < -0.39 is 0 Å². The van der Waals surface area contributed by atoms with Gasteiger partial charge in [0.1, 0.15) is 17.5 Å². The van der Waals surface area contributed by atoms with Crippen LogP contribution >= 0.6 is 0 Å². The Labute approximate surface area is 121 Å². The molecule has 20 heavy (non-hydrogen) atoms. The Bertz CT molecular complexity index is 475. The van der Waals surface area contributed by atoms with Crippen molar-refractivity contribution < 1.29 is 0 Å². The fraction of sp³-hybridized carbons (Fsp3) is 0.733. The van der Waals surface area contributed by atoms with Crippen molar-refractivity contribution in [2.75, 3.05) is 36.4 Å². The summed E-state index contributed by atoms with van der Waals surface area (Å²) in [7, 11) is 0. The van der Waals surface area contributed by atoms with Gasteiger partial charge in [0, 0.05) is 37.8 Å². The first kappa shape index (κ1) is 13.6. The van der Waals surface area contributed by atoms with Crippen molar-refractivity contribution in [1.29, 1.82) is 0 Å². The third kappa shape index (κ3) is 2.59. The molecule has 2 unspecified atom stereocenters. The van der Waals surface area contributed by atoms with Gasteiger partial charge in [-0.25, -0.2) is 9.97 Å². The maximum absolute atomic E-state index is 4.66. The molecule has 2 saturated heterocycles. The van der Waals surface area contributed by atoms with Gasteiger partial charge in [0.15, 0.2) is 0 Å². The molecule has 2 atom stereocenters. The smallest absolute Gasteiger partial charge is 0.134 e. The van der Waals surface area contributed by atoms with Crippen molar-refractivity contribution >= 4 is 11.6 Å². The SMILES string of the molecule is CCNc1cc(N2CC3CCCN3CC2C)nc(C)n1. The maximum atomic E-state index is 4.66. The summed E-state index contributed by atoms with van der Waals surface area (Å²) >= 11 is 0. The van der Waals surface area contributed by atoms with E-state index in [1.165, 1.54) is 19.4 Å². The second-order valence-electron chi connectivity index (χ2n) is 5.98. The molecule has 3 rings (SSSR count). The Hall–Kier alpha value is -1.36. The lowest BCUT2D eigenvalue weighted by Gasteiger charge is -2.43. The lowest BCUT2D eigenvalue weighted by molar-refractivity contribution is 0.202. The van der Waals surface area contributed by atoms with E-state index in [9.17, 15) is 0 Å². The number of nitrogens with zero attached hydrogens (tertiary/aromatic N) is 4. The van der Waals surface area contributed by atoms with Gasteiger partial charge in [-0.15, -0.1) is 0 Å². The molecule has 0 spiro atoms. The molecule has 5 heteroatoms. The maximum Gasteiger partial charge on any atom is 0.134 e. The molecule has 1 aromatic rings. The van der Waals surface area contributed by atoms with Crippen LogP contribution in [0.15, 0.2) is 6.07 Å². The van der Waals surface area contributed by atoms with Crippen LogP contribution < -0.4 is 10.2 Å². The Morgan fingerprint density at radius 1 is 1.35 bits per heavy atom. The normalized spacial score (nSPS) is 26.6. The number of aryl methyl sites for hydroxylation is 1. The fourth-order valence-electron chi connectivity index (χ4n) is 3.48. The number of rotatable bonds is 3. The second kappa shape index (κ2) is 5.56. The minimum atomic E-state index is 0.521. The summed E-state index contributed by atoms with van der Waals surface area (Å²) in [5, 5.41) is 3.30. The van der Waals surface area contributed by atoms with Crippen molar-refractivity contribution in [2.45, 2.75) is 45.7 Å². The van der Waals surface area contributed by atoms with Gasteiger partial charge in [-0.1, -0.05) is 0 Å². The van der Waals surface area contributed by atoms with Gasteiger partial charge < -0.3 is 10.2 Å². The molecule has 2 aliphatic heterocycles. The lowest BCUT2D eigenvalue weighted by atomic mass is 10.1. The number of piperazine rings is 1. The van der Waals surface area contributed by atoms with E-state index in [1.54, 1.807) is 0 Å². The van der Waals surface area contributed by atoms with Gasteiger partial charge in [-0.05, 0) is 40.2 Å². The van der Waals surface area contributed by atoms with E-state index >= 15 is 0 Å².